The molecule has 1 aromatic carbocycles. The summed E-state index contributed by atoms with van der Waals surface area (Å²) in [6, 6.07) is 6.80. The van der Waals surface area contributed by atoms with Gasteiger partial charge in [0.05, 0.1) is 4.92 Å². The lowest BCUT2D eigenvalue weighted by molar-refractivity contribution is -0.384. The van der Waals surface area contributed by atoms with Crippen LogP contribution in [0.4, 0.5) is 11.5 Å². The average Bonchev–Trinajstić information content (AvgIpc) is 2.47. The lowest BCUT2D eigenvalue weighted by Crippen LogP contribution is -2.43. The van der Waals surface area contributed by atoms with Gasteiger partial charge in [-0.15, -0.1) is 0 Å². The standard InChI is InChI=1S/C13H14N4O2/c18-17(19)11-2-1-10-3-4-15-13(12(10)9-11)16-7-5-14-6-8-16/h1-4,9,14H,5-8H2. The first-order valence-corrected chi connectivity index (χ1v) is 6.24. The predicted molar refractivity (Wildman–Crippen MR) is 73.5 cm³/mol. The summed E-state index contributed by atoms with van der Waals surface area (Å²) in [5.41, 5.74) is 0.108. The Hall–Kier alpha value is -2.21. The van der Waals surface area contributed by atoms with Crippen molar-refractivity contribution in [3.05, 3.63) is 40.6 Å². The van der Waals surface area contributed by atoms with Crippen LogP contribution in [-0.2, 0) is 0 Å². The molecule has 0 unspecified atom stereocenters. The zero-order chi connectivity index (χ0) is 13.2. The fraction of sp³-hybridized carbons (Fsp3) is 0.308. The maximum Gasteiger partial charge on any atom is 0.270 e. The zero-order valence-electron chi connectivity index (χ0n) is 10.4. The van der Waals surface area contributed by atoms with Gasteiger partial charge in [-0.3, -0.25) is 10.1 Å². The van der Waals surface area contributed by atoms with Gasteiger partial charge in [0.1, 0.15) is 5.82 Å². The fourth-order valence-corrected chi connectivity index (χ4v) is 2.38. The second kappa shape index (κ2) is 4.81. The molecule has 0 amide bonds. The van der Waals surface area contributed by atoms with Crippen LogP contribution in [0, 0.1) is 10.1 Å². The summed E-state index contributed by atoms with van der Waals surface area (Å²) in [6.45, 7) is 3.56. The SMILES string of the molecule is O=[N+]([O-])c1ccc2ccnc(N3CCNCC3)c2c1. The van der Waals surface area contributed by atoms with Crippen LogP contribution in [0.1, 0.15) is 0 Å². The molecule has 0 atom stereocenters. The van der Waals surface area contributed by atoms with E-state index in [0.717, 1.165) is 42.8 Å². The Labute approximate surface area is 110 Å². The number of rotatable bonds is 2. The Morgan fingerprint density at radius 2 is 2.05 bits per heavy atom. The minimum Gasteiger partial charge on any atom is -0.354 e. The van der Waals surface area contributed by atoms with Gasteiger partial charge in [-0.25, -0.2) is 4.98 Å². The Morgan fingerprint density at radius 3 is 2.79 bits per heavy atom. The van der Waals surface area contributed by atoms with E-state index in [1.165, 1.54) is 6.07 Å². The summed E-state index contributed by atoms with van der Waals surface area (Å²) in [4.78, 5) is 17.1. The van der Waals surface area contributed by atoms with Gasteiger partial charge in [0, 0.05) is 49.9 Å². The number of nitrogens with one attached hydrogen (secondary N) is 1. The molecule has 1 saturated heterocycles. The van der Waals surface area contributed by atoms with E-state index < -0.39 is 0 Å². The normalized spacial score (nSPS) is 15.7. The van der Waals surface area contributed by atoms with Gasteiger partial charge in [0.25, 0.3) is 5.69 Å². The molecular formula is C13H14N4O2. The summed E-state index contributed by atoms with van der Waals surface area (Å²) in [5, 5.41) is 16.0. The molecule has 98 valence electrons. The molecule has 6 nitrogen and oxygen atoms in total. The van der Waals surface area contributed by atoms with Gasteiger partial charge in [0.15, 0.2) is 0 Å². The van der Waals surface area contributed by atoms with Crippen molar-refractivity contribution in [1.82, 2.24) is 10.3 Å². The van der Waals surface area contributed by atoms with Crippen LogP contribution in [-0.4, -0.2) is 36.1 Å². The number of pyridine rings is 1. The van der Waals surface area contributed by atoms with E-state index in [1.54, 1.807) is 18.3 Å². The summed E-state index contributed by atoms with van der Waals surface area (Å²) in [6.07, 6.45) is 1.76. The van der Waals surface area contributed by atoms with Crippen molar-refractivity contribution in [2.24, 2.45) is 0 Å². The summed E-state index contributed by atoms with van der Waals surface area (Å²) in [7, 11) is 0. The third kappa shape index (κ3) is 2.22. The maximum atomic E-state index is 10.9. The molecule has 1 aliphatic rings. The van der Waals surface area contributed by atoms with Crippen molar-refractivity contribution < 1.29 is 4.92 Å². The smallest absolute Gasteiger partial charge is 0.270 e. The van der Waals surface area contributed by atoms with Crippen LogP contribution in [0.5, 0.6) is 0 Å². The number of non-ortho nitro benzene ring substituents is 1. The van der Waals surface area contributed by atoms with Crippen LogP contribution < -0.4 is 10.2 Å². The average molecular weight is 258 g/mol. The van der Waals surface area contributed by atoms with E-state index >= 15 is 0 Å². The number of nitrogens with zero attached hydrogens (tertiary/aromatic N) is 3. The summed E-state index contributed by atoms with van der Waals surface area (Å²) >= 11 is 0. The topological polar surface area (TPSA) is 71.3 Å². The Morgan fingerprint density at radius 1 is 1.26 bits per heavy atom. The van der Waals surface area contributed by atoms with E-state index in [-0.39, 0.29) is 10.6 Å². The fourth-order valence-electron chi connectivity index (χ4n) is 2.38. The number of benzene rings is 1. The van der Waals surface area contributed by atoms with Gasteiger partial charge in [-0.2, -0.15) is 0 Å². The molecule has 0 bridgehead atoms. The van der Waals surface area contributed by atoms with Crippen LogP contribution in [0.2, 0.25) is 0 Å². The van der Waals surface area contributed by atoms with Crippen molar-refractivity contribution in [1.29, 1.82) is 0 Å². The minimum atomic E-state index is -0.367. The molecular weight excluding hydrogens is 244 g/mol. The van der Waals surface area contributed by atoms with Gasteiger partial charge >= 0.3 is 0 Å². The highest BCUT2D eigenvalue weighted by molar-refractivity contribution is 5.93. The third-order valence-corrected chi connectivity index (χ3v) is 3.36. The second-order valence-corrected chi connectivity index (χ2v) is 4.53. The van der Waals surface area contributed by atoms with Gasteiger partial charge in [-0.05, 0) is 17.5 Å². The third-order valence-electron chi connectivity index (χ3n) is 3.36. The highest BCUT2D eigenvalue weighted by Crippen LogP contribution is 2.28. The molecule has 0 aliphatic carbocycles. The molecule has 0 saturated carbocycles. The molecule has 3 rings (SSSR count). The number of fused-ring (bicyclic) bond motifs is 1. The Kier molecular flexibility index (Phi) is 3.00. The highest BCUT2D eigenvalue weighted by atomic mass is 16.6. The van der Waals surface area contributed by atoms with Crippen molar-refractivity contribution >= 4 is 22.3 Å². The summed E-state index contributed by atoms with van der Waals surface area (Å²) in [5.74, 6) is 0.836. The van der Waals surface area contributed by atoms with Crippen LogP contribution in [0.25, 0.3) is 10.8 Å². The van der Waals surface area contributed by atoms with Crippen LogP contribution >= 0.6 is 0 Å². The minimum absolute atomic E-state index is 0.108. The number of anilines is 1. The molecule has 6 heteroatoms. The lowest BCUT2D eigenvalue weighted by Gasteiger charge is -2.29. The van der Waals surface area contributed by atoms with E-state index in [1.807, 2.05) is 6.07 Å². The van der Waals surface area contributed by atoms with E-state index in [0.29, 0.717) is 0 Å². The second-order valence-electron chi connectivity index (χ2n) is 4.53. The van der Waals surface area contributed by atoms with Gasteiger partial charge < -0.3 is 10.2 Å². The van der Waals surface area contributed by atoms with Crippen molar-refractivity contribution in [2.45, 2.75) is 0 Å². The zero-order valence-corrected chi connectivity index (χ0v) is 10.4. The molecule has 0 radical (unpaired) electrons. The van der Waals surface area contributed by atoms with Crippen molar-refractivity contribution in [3.63, 3.8) is 0 Å². The van der Waals surface area contributed by atoms with Crippen LogP contribution in [0.3, 0.4) is 0 Å². The Bertz CT molecular complexity index is 623. The maximum absolute atomic E-state index is 10.9. The summed E-state index contributed by atoms with van der Waals surface area (Å²) < 4.78 is 0. The van der Waals surface area contributed by atoms with Crippen molar-refractivity contribution in [3.8, 4) is 0 Å². The monoisotopic (exact) mass is 258 g/mol. The Balaban J connectivity index is 2.11. The molecule has 1 aliphatic heterocycles. The number of piperazine rings is 1. The van der Waals surface area contributed by atoms with Crippen molar-refractivity contribution in [2.75, 3.05) is 31.1 Å². The number of nitro groups is 1. The number of nitro benzene ring substituents is 1. The predicted octanol–water partition coefficient (Wildman–Crippen LogP) is 1.55. The number of hydrogen-bond acceptors (Lipinski definition) is 5. The van der Waals surface area contributed by atoms with E-state index in [9.17, 15) is 10.1 Å². The number of hydrogen-bond donors (Lipinski definition) is 1. The first kappa shape index (κ1) is 11.9. The molecule has 19 heavy (non-hydrogen) atoms. The number of aromatic nitrogens is 1. The lowest BCUT2D eigenvalue weighted by atomic mass is 10.1. The van der Waals surface area contributed by atoms with Gasteiger partial charge in [0.2, 0.25) is 0 Å². The van der Waals surface area contributed by atoms with E-state index in [4.69, 9.17) is 0 Å². The largest absolute Gasteiger partial charge is 0.354 e. The molecule has 2 heterocycles. The first-order valence-electron chi connectivity index (χ1n) is 6.24. The van der Waals surface area contributed by atoms with Gasteiger partial charge in [-0.1, -0.05) is 0 Å². The highest BCUT2D eigenvalue weighted by Gasteiger charge is 2.16. The first-order chi connectivity index (χ1) is 9.25. The quantitative estimate of drug-likeness (QED) is 0.653. The van der Waals surface area contributed by atoms with E-state index in [2.05, 4.69) is 15.2 Å². The molecule has 1 N–H and O–H groups in total. The van der Waals surface area contributed by atoms with Crippen LogP contribution in [0.15, 0.2) is 30.5 Å². The molecule has 1 aromatic heterocycles. The molecule has 1 fully saturated rings. The molecule has 0 spiro atoms. The molecule has 2 aromatic rings.